The largest absolute Gasteiger partial charge is 0.366 e. The molecule has 0 fully saturated rings. The lowest BCUT2D eigenvalue weighted by atomic mass is 10.1. The number of aromatic amines is 1. The Morgan fingerprint density at radius 1 is 0.906 bits per heavy atom. The SMILES string of the molecule is C[C@@H](Sc1nc(-c2ccccc2)c(-c2ccccc2)[nH]1)C(=O)Nc1ccc(C(N)=O)cc1. The number of nitrogens with zero attached hydrogens (tertiary/aromatic N) is 1. The molecular weight excluding hydrogens is 420 g/mol. The van der Waals surface area contributed by atoms with E-state index in [9.17, 15) is 9.59 Å². The van der Waals surface area contributed by atoms with Crippen molar-refractivity contribution >= 4 is 29.3 Å². The molecular formula is C25H22N4O2S. The molecule has 0 radical (unpaired) electrons. The monoisotopic (exact) mass is 442 g/mol. The van der Waals surface area contributed by atoms with Gasteiger partial charge in [-0.25, -0.2) is 4.98 Å². The van der Waals surface area contributed by atoms with Crippen LogP contribution in [0.1, 0.15) is 17.3 Å². The number of primary amides is 1. The number of thioether (sulfide) groups is 1. The predicted octanol–water partition coefficient (Wildman–Crippen LogP) is 4.96. The topological polar surface area (TPSA) is 101 Å². The minimum Gasteiger partial charge on any atom is -0.366 e. The van der Waals surface area contributed by atoms with Gasteiger partial charge in [0, 0.05) is 22.4 Å². The molecule has 2 amide bonds. The van der Waals surface area contributed by atoms with Crippen molar-refractivity contribution in [3.63, 3.8) is 0 Å². The van der Waals surface area contributed by atoms with Crippen LogP contribution in [0.15, 0.2) is 90.1 Å². The van der Waals surface area contributed by atoms with Crippen molar-refractivity contribution < 1.29 is 9.59 Å². The maximum Gasteiger partial charge on any atom is 0.248 e. The van der Waals surface area contributed by atoms with E-state index >= 15 is 0 Å². The van der Waals surface area contributed by atoms with Gasteiger partial charge in [-0.2, -0.15) is 0 Å². The molecule has 4 aromatic rings. The van der Waals surface area contributed by atoms with Crippen molar-refractivity contribution in [1.29, 1.82) is 0 Å². The van der Waals surface area contributed by atoms with E-state index in [0.717, 1.165) is 22.5 Å². The van der Waals surface area contributed by atoms with E-state index in [1.54, 1.807) is 24.3 Å². The number of nitrogens with one attached hydrogen (secondary N) is 2. The molecule has 0 aliphatic heterocycles. The molecule has 1 atom stereocenters. The molecule has 0 aliphatic carbocycles. The highest BCUT2D eigenvalue weighted by Gasteiger charge is 2.20. The Morgan fingerprint density at radius 2 is 1.50 bits per heavy atom. The highest BCUT2D eigenvalue weighted by atomic mass is 32.2. The number of H-pyrrole nitrogens is 1. The molecule has 0 saturated carbocycles. The summed E-state index contributed by atoms with van der Waals surface area (Å²) in [7, 11) is 0. The van der Waals surface area contributed by atoms with Crippen LogP contribution in [0.2, 0.25) is 0 Å². The van der Waals surface area contributed by atoms with Crippen molar-refractivity contribution in [3.8, 4) is 22.5 Å². The lowest BCUT2D eigenvalue weighted by Gasteiger charge is -2.10. The van der Waals surface area contributed by atoms with Crippen LogP contribution in [0, 0.1) is 0 Å². The lowest BCUT2D eigenvalue weighted by molar-refractivity contribution is -0.115. The molecule has 0 bridgehead atoms. The third-order valence-corrected chi connectivity index (χ3v) is 5.87. The van der Waals surface area contributed by atoms with Crippen LogP contribution in [-0.2, 0) is 4.79 Å². The fourth-order valence-electron chi connectivity index (χ4n) is 3.21. The standard InChI is InChI=1S/C25H22N4O2S/c1-16(24(31)27-20-14-12-19(13-15-20)23(26)30)32-25-28-21(17-8-4-2-5-9-17)22(29-25)18-10-6-3-7-11-18/h2-16H,1H3,(H2,26,30)(H,27,31)(H,28,29)/t16-/m1/s1. The van der Waals surface area contributed by atoms with Crippen molar-refractivity contribution in [2.24, 2.45) is 5.73 Å². The van der Waals surface area contributed by atoms with Gasteiger partial charge in [0.1, 0.15) is 0 Å². The summed E-state index contributed by atoms with van der Waals surface area (Å²) in [4.78, 5) is 32.1. The zero-order chi connectivity index (χ0) is 22.5. The molecule has 32 heavy (non-hydrogen) atoms. The number of imidazole rings is 1. The number of rotatable bonds is 7. The molecule has 1 aromatic heterocycles. The Hall–Kier alpha value is -3.84. The molecule has 4 rings (SSSR count). The Morgan fingerprint density at radius 3 is 2.09 bits per heavy atom. The van der Waals surface area contributed by atoms with Crippen molar-refractivity contribution in [2.45, 2.75) is 17.3 Å². The van der Waals surface area contributed by atoms with Gasteiger partial charge in [0.2, 0.25) is 11.8 Å². The first-order chi connectivity index (χ1) is 15.5. The van der Waals surface area contributed by atoms with Crippen LogP contribution in [-0.4, -0.2) is 27.0 Å². The molecule has 1 heterocycles. The molecule has 160 valence electrons. The number of hydrogen-bond acceptors (Lipinski definition) is 4. The molecule has 3 aromatic carbocycles. The zero-order valence-corrected chi connectivity index (χ0v) is 18.2. The first kappa shape index (κ1) is 21.4. The first-order valence-electron chi connectivity index (χ1n) is 10.1. The lowest BCUT2D eigenvalue weighted by Crippen LogP contribution is -2.22. The van der Waals surface area contributed by atoms with Gasteiger partial charge in [-0.3, -0.25) is 9.59 Å². The van der Waals surface area contributed by atoms with Crippen LogP contribution in [0.25, 0.3) is 22.5 Å². The third kappa shape index (κ3) is 4.90. The second kappa shape index (κ2) is 9.53. The average Bonchev–Trinajstić information content (AvgIpc) is 3.24. The maximum absolute atomic E-state index is 12.7. The molecule has 0 spiro atoms. The van der Waals surface area contributed by atoms with Crippen LogP contribution in [0.5, 0.6) is 0 Å². The van der Waals surface area contributed by atoms with Gasteiger partial charge in [-0.15, -0.1) is 0 Å². The number of hydrogen-bond donors (Lipinski definition) is 3. The summed E-state index contributed by atoms with van der Waals surface area (Å²) in [5.74, 6) is -0.672. The number of nitrogens with two attached hydrogens (primary N) is 1. The smallest absolute Gasteiger partial charge is 0.248 e. The molecule has 6 nitrogen and oxygen atoms in total. The van der Waals surface area contributed by atoms with E-state index in [4.69, 9.17) is 10.7 Å². The van der Waals surface area contributed by atoms with Crippen LogP contribution in [0.4, 0.5) is 5.69 Å². The van der Waals surface area contributed by atoms with E-state index < -0.39 is 11.2 Å². The summed E-state index contributed by atoms with van der Waals surface area (Å²) >= 11 is 1.35. The van der Waals surface area contributed by atoms with Gasteiger partial charge in [-0.1, -0.05) is 72.4 Å². The van der Waals surface area contributed by atoms with E-state index in [1.165, 1.54) is 11.8 Å². The summed E-state index contributed by atoms with van der Waals surface area (Å²) < 4.78 is 0. The Labute approximate surface area is 190 Å². The van der Waals surface area contributed by atoms with Crippen LogP contribution >= 0.6 is 11.8 Å². The predicted molar refractivity (Wildman–Crippen MR) is 128 cm³/mol. The normalized spacial score (nSPS) is 11.7. The fourth-order valence-corrected chi connectivity index (χ4v) is 4.01. The van der Waals surface area contributed by atoms with E-state index in [-0.39, 0.29) is 5.91 Å². The van der Waals surface area contributed by atoms with Gasteiger partial charge in [0.25, 0.3) is 0 Å². The fraction of sp³-hybridized carbons (Fsp3) is 0.0800. The summed E-state index contributed by atoms with van der Waals surface area (Å²) in [6, 6.07) is 26.4. The summed E-state index contributed by atoms with van der Waals surface area (Å²) in [5, 5.41) is 3.12. The van der Waals surface area contributed by atoms with E-state index in [2.05, 4.69) is 10.3 Å². The number of aromatic nitrogens is 2. The summed E-state index contributed by atoms with van der Waals surface area (Å²) in [5.41, 5.74) is 10.0. The number of carbonyl (C=O) groups is 2. The second-order valence-electron chi connectivity index (χ2n) is 7.19. The Balaban J connectivity index is 1.54. The minimum atomic E-state index is -0.506. The van der Waals surface area contributed by atoms with Crippen molar-refractivity contribution in [2.75, 3.05) is 5.32 Å². The minimum absolute atomic E-state index is 0.166. The van der Waals surface area contributed by atoms with E-state index in [1.807, 2.05) is 67.6 Å². The van der Waals surface area contributed by atoms with Gasteiger partial charge >= 0.3 is 0 Å². The van der Waals surface area contributed by atoms with Crippen LogP contribution in [0.3, 0.4) is 0 Å². The number of benzene rings is 3. The average molecular weight is 443 g/mol. The van der Waals surface area contributed by atoms with Crippen molar-refractivity contribution in [1.82, 2.24) is 9.97 Å². The van der Waals surface area contributed by atoms with Crippen LogP contribution < -0.4 is 11.1 Å². The number of carbonyl (C=O) groups excluding carboxylic acids is 2. The summed E-state index contributed by atoms with van der Waals surface area (Å²) in [6.07, 6.45) is 0. The Kier molecular flexibility index (Phi) is 6.37. The Bertz CT molecular complexity index is 1170. The second-order valence-corrected chi connectivity index (χ2v) is 8.52. The molecule has 4 N–H and O–H groups in total. The highest BCUT2D eigenvalue weighted by molar-refractivity contribution is 8.00. The van der Waals surface area contributed by atoms with Crippen molar-refractivity contribution in [3.05, 3.63) is 90.5 Å². The first-order valence-corrected chi connectivity index (χ1v) is 11.0. The molecule has 7 heteroatoms. The maximum atomic E-state index is 12.7. The number of amides is 2. The highest BCUT2D eigenvalue weighted by Crippen LogP contribution is 2.33. The zero-order valence-electron chi connectivity index (χ0n) is 17.4. The third-order valence-electron chi connectivity index (χ3n) is 4.89. The van der Waals surface area contributed by atoms with E-state index in [0.29, 0.717) is 16.4 Å². The summed E-state index contributed by atoms with van der Waals surface area (Å²) in [6.45, 7) is 1.82. The van der Waals surface area contributed by atoms with Gasteiger partial charge < -0.3 is 16.0 Å². The van der Waals surface area contributed by atoms with Gasteiger partial charge in [0.15, 0.2) is 5.16 Å². The molecule has 0 unspecified atom stereocenters. The van der Waals surface area contributed by atoms with Gasteiger partial charge in [0.05, 0.1) is 16.6 Å². The number of anilines is 1. The van der Waals surface area contributed by atoms with Gasteiger partial charge in [-0.05, 0) is 31.2 Å². The molecule has 0 aliphatic rings. The molecule has 0 saturated heterocycles. The quantitative estimate of drug-likeness (QED) is 0.352.